The minimum Gasteiger partial charge on any atom is -0.503 e. The third-order valence-electron chi connectivity index (χ3n) is 9.95. The summed E-state index contributed by atoms with van der Waals surface area (Å²) in [7, 11) is 0. The molecule has 0 fully saturated rings. The van der Waals surface area contributed by atoms with Gasteiger partial charge in [-0.1, -0.05) is 120 Å². The maximum Gasteiger partial charge on any atom is 2.00 e. The number of nitrogens with zero attached hydrogens (tertiary/aromatic N) is 2. The van der Waals surface area contributed by atoms with Gasteiger partial charge in [-0.25, -0.2) is 0 Å². The van der Waals surface area contributed by atoms with Crippen molar-refractivity contribution in [1.82, 2.24) is 9.97 Å². The monoisotopic (exact) mass is 843 g/mol. The number of para-hydroxylation sites is 1. The van der Waals surface area contributed by atoms with E-state index in [0.29, 0.717) is 11.5 Å². The number of hydrogen-bond donors (Lipinski definition) is 0. The van der Waals surface area contributed by atoms with E-state index in [1.807, 2.05) is 60.8 Å². The second kappa shape index (κ2) is 13.0. The molecule has 51 heavy (non-hydrogen) atoms. The quantitative estimate of drug-likeness (QED) is 0.162. The van der Waals surface area contributed by atoms with Gasteiger partial charge in [0.15, 0.2) is 0 Å². The first-order valence-electron chi connectivity index (χ1n) is 17.3. The summed E-state index contributed by atoms with van der Waals surface area (Å²) >= 11 is 0. The molecule has 254 valence electrons. The fraction of sp³-hybridized carbons (Fsp3) is 0.191. The van der Waals surface area contributed by atoms with Crippen LogP contribution in [-0.4, -0.2) is 9.97 Å². The molecule has 0 N–H and O–H groups in total. The molecule has 3 nitrogen and oxygen atoms in total. The van der Waals surface area contributed by atoms with E-state index >= 15 is 0 Å². The largest absolute Gasteiger partial charge is 2.00 e. The Morgan fingerprint density at radius 2 is 1.22 bits per heavy atom. The number of pyridine rings is 2. The molecule has 0 saturated heterocycles. The fourth-order valence-electron chi connectivity index (χ4n) is 7.26. The van der Waals surface area contributed by atoms with Crippen molar-refractivity contribution in [3.63, 3.8) is 0 Å². The molecule has 0 amide bonds. The van der Waals surface area contributed by atoms with Gasteiger partial charge in [-0.15, -0.1) is 41.5 Å². The number of fused-ring (bicyclic) bond motifs is 4. The molecule has 2 aromatic heterocycles. The van der Waals surface area contributed by atoms with E-state index in [-0.39, 0.29) is 31.9 Å². The average Bonchev–Trinajstić information content (AvgIpc) is 3.41. The van der Waals surface area contributed by atoms with E-state index in [2.05, 4.69) is 126 Å². The molecule has 8 rings (SSSR count). The number of rotatable bonds is 5. The Morgan fingerprint density at radius 3 is 1.86 bits per heavy atom. The average molecular weight is 844 g/mol. The summed E-state index contributed by atoms with van der Waals surface area (Å²) in [6.45, 7) is 13.6. The summed E-state index contributed by atoms with van der Waals surface area (Å²) in [4.78, 5) is 9.99. The van der Waals surface area contributed by atoms with E-state index < -0.39 is 5.41 Å². The molecule has 1 aliphatic rings. The van der Waals surface area contributed by atoms with Gasteiger partial charge in [0.1, 0.15) is 0 Å². The summed E-state index contributed by atoms with van der Waals surface area (Å²) < 4.78 is 6.58. The fourth-order valence-corrected chi connectivity index (χ4v) is 7.26. The van der Waals surface area contributed by atoms with Crippen LogP contribution >= 0.6 is 0 Å². The molecule has 7 aromatic rings. The number of hydrogen-bond acceptors (Lipinski definition) is 3. The molecule has 0 bridgehead atoms. The van der Waals surface area contributed by atoms with Crippen LogP contribution in [0.1, 0.15) is 75.1 Å². The SMILES string of the molecule is CC(C)(C)c1ccc2c(c1)C(c1[c-]c(Oc3[c-]c(-c4ccc5ccccc5n4)ccc3)ccc1)(c1ccccn1)c1cc(C(C)(C)C)ccc1-2.[Pt+2]. The summed E-state index contributed by atoms with van der Waals surface area (Å²) in [5.41, 5.74) is 11.3. The predicted octanol–water partition coefficient (Wildman–Crippen LogP) is 11.6. The maximum absolute atomic E-state index is 6.58. The van der Waals surface area contributed by atoms with Crippen LogP contribution in [0, 0.1) is 12.1 Å². The van der Waals surface area contributed by atoms with Crippen LogP contribution in [0.15, 0.2) is 134 Å². The Morgan fingerprint density at radius 1 is 0.588 bits per heavy atom. The second-order valence-electron chi connectivity index (χ2n) is 15.3. The molecule has 0 atom stereocenters. The summed E-state index contributed by atoms with van der Waals surface area (Å²) in [6, 6.07) is 51.9. The van der Waals surface area contributed by atoms with Gasteiger partial charge in [0.05, 0.1) is 16.6 Å². The summed E-state index contributed by atoms with van der Waals surface area (Å²) in [5, 5.41) is 1.11. The van der Waals surface area contributed by atoms with Crippen LogP contribution in [0.25, 0.3) is 33.3 Å². The molecule has 4 heteroatoms. The Balaban J connectivity index is 0.00000406. The molecular formula is C47H40N2OPt. The van der Waals surface area contributed by atoms with Crippen LogP contribution < -0.4 is 4.74 Å². The maximum atomic E-state index is 6.58. The van der Waals surface area contributed by atoms with Crippen molar-refractivity contribution in [2.75, 3.05) is 0 Å². The Labute approximate surface area is 316 Å². The van der Waals surface area contributed by atoms with Crippen molar-refractivity contribution in [2.24, 2.45) is 0 Å². The van der Waals surface area contributed by atoms with Gasteiger partial charge in [0.25, 0.3) is 0 Å². The van der Waals surface area contributed by atoms with Gasteiger partial charge in [-0.2, -0.15) is 12.1 Å². The van der Waals surface area contributed by atoms with Crippen LogP contribution in [0.2, 0.25) is 0 Å². The van der Waals surface area contributed by atoms with Gasteiger partial charge in [0.2, 0.25) is 0 Å². The number of aromatic nitrogens is 2. The van der Waals surface area contributed by atoms with Gasteiger partial charge in [-0.3, -0.25) is 9.97 Å². The van der Waals surface area contributed by atoms with Crippen LogP contribution in [0.3, 0.4) is 0 Å². The summed E-state index contributed by atoms with van der Waals surface area (Å²) in [5.74, 6) is 1.22. The number of benzene rings is 5. The van der Waals surface area contributed by atoms with Crippen LogP contribution in [0.4, 0.5) is 0 Å². The molecule has 0 saturated carbocycles. The van der Waals surface area contributed by atoms with Crippen molar-refractivity contribution in [1.29, 1.82) is 0 Å². The zero-order valence-electron chi connectivity index (χ0n) is 29.8. The topological polar surface area (TPSA) is 35.0 Å². The Bertz CT molecular complexity index is 2320. The number of ether oxygens (including phenoxy) is 1. The van der Waals surface area contributed by atoms with E-state index in [4.69, 9.17) is 14.7 Å². The molecule has 0 spiro atoms. The zero-order valence-corrected chi connectivity index (χ0v) is 32.1. The van der Waals surface area contributed by atoms with Crippen molar-refractivity contribution < 1.29 is 25.8 Å². The Hall–Kier alpha value is -4.85. The first-order chi connectivity index (χ1) is 24.0. The normalized spacial score (nSPS) is 13.3. The van der Waals surface area contributed by atoms with Gasteiger partial charge < -0.3 is 4.74 Å². The van der Waals surface area contributed by atoms with Crippen molar-refractivity contribution >= 4 is 10.9 Å². The second-order valence-corrected chi connectivity index (χ2v) is 15.3. The van der Waals surface area contributed by atoms with Crippen LogP contribution in [-0.2, 0) is 37.3 Å². The molecule has 0 aliphatic heterocycles. The smallest absolute Gasteiger partial charge is 0.503 e. The van der Waals surface area contributed by atoms with E-state index in [1.54, 1.807) is 0 Å². The predicted molar refractivity (Wildman–Crippen MR) is 204 cm³/mol. The molecule has 0 unspecified atom stereocenters. The van der Waals surface area contributed by atoms with Crippen LogP contribution in [0.5, 0.6) is 11.5 Å². The zero-order chi connectivity index (χ0) is 34.7. The van der Waals surface area contributed by atoms with Gasteiger partial charge >= 0.3 is 21.1 Å². The molecule has 5 aromatic carbocycles. The van der Waals surface area contributed by atoms with Gasteiger partial charge in [-0.05, 0) is 73.5 Å². The van der Waals surface area contributed by atoms with E-state index in [1.165, 1.54) is 33.4 Å². The minimum atomic E-state index is -0.714. The molecular weight excluding hydrogens is 804 g/mol. The molecule has 0 radical (unpaired) electrons. The first kappa shape index (κ1) is 34.6. The van der Waals surface area contributed by atoms with Crippen molar-refractivity contribution in [3.8, 4) is 33.9 Å². The third kappa shape index (κ3) is 6.12. The third-order valence-corrected chi connectivity index (χ3v) is 9.95. The molecule has 1 aliphatic carbocycles. The van der Waals surface area contributed by atoms with E-state index in [0.717, 1.165) is 33.4 Å². The first-order valence-corrected chi connectivity index (χ1v) is 17.3. The van der Waals surface area contributed by atoms with Crippen molar-refractivity contribution in [2.45, 2.75) is 57.8 Å². The van der Waals surface area contributed by atoms with E-state index in [9.17, 15) is 0 Å². The van der Waals surface area contributed by atoms with Gasteiger partial charge in [0, 0.05) is 17.7 Å². The standard InChI is InChI=1S/C47H40N2O.Pt/c1-45(2,3)33-21-23-38-39-24-22-34(46(4,5)6)30-41(39)47(40(38)29-33,44-19-9-10-26-48-44)35-15-12-17-37(28-35)50-36-16-11-14-32(27-36)43-25-20-31-13-7-8-18-42(31)49-43;/h7-26,29-30H,1-6H3;/q-2;+2. The van der Waals surface area contributed by atoms with Crippen molar-refractivity contribution in [3.05, 3.63) is 179 Å². The Kier molecular flexibility index (Phi) is 8.84. The molecule has 2 heterocycles. The minimum absolute atomic E-state index is 0. The summed E-state index contributed by atoms with van der Waals surface area (Å²) in [6.07, 6.45) is 1.90.